The molecule has 0 aromatic heterocycles. The Labute approximate surface area is 153 Å². The van der Waals surface area contributed by atoms with Crippen LogP contribution in [-0.4, -0.2) is 60.2 Å². The van der Waals surface area contributed by atoms with E-state index in [0.717, 1.165) is 32.7 Å². The van der Waals surface area contributed by atoms with Crippen molar-refractivity contribution in [3.8, 4) is 0 Å². The number of hydrogen-bond donors (Lipinski definition) is 2. The predicted molar refractivity (Wildman–Crippen MR) is 99.7 cm³/mol. The van der Waals surface area contributed by atoms with Crippen molar-refractivity contribution in [2.45, 2.75) is 20.3 Å². The quantitative estimate of drug-likeness (QED) is 0.833. The molecule has 7 heteroatoms. The van der Waals surface area contributed by atoms with Gasteiger partial charge < -0.3 is 20.4 Å². The van der Waals surface area contributed by atoms with Crippen molar-refractivity contribution in [3.63, 3.8) is 0 Å². The monoisotopic (exact) mass is 358 g/mol. The highest BCUT2D eigenvalue weighted by Gasteiger charge is 2.49. The lowest BCUT2D eigenvalue weighted by Crippen LogP contribution is -2.49. The normalized spacial score (nSPS) is 22.6. The van der Waals surface area contributed by atoms with Gasteiger partial charge in [-0.1, -0.05) is 13.0 Å². The number of nitrogens with one attached hydrogen (secondary N) is 2. The van der Waals surface area contributed by atoms with Gasteiger partial charge in [0.15, 0.2) is 0 Å². The molecule has 1 aromatic rings. The molecule has 2 aliphatic rings. The number of carbonyl (C=O) groups is 3. The maximum atomic E-state index is 12.6. The average Bonchev–Trinajstić information content (AvgIpc) is 3.42. The topological polar surface area (TPSA) is 81.8 Å². The fraction of sp³-hybridized carbons (Fsp3) is 0.526. The molecule has 3 amide bonds. The first kappa shape index (κ1) is 18.4. The number of likely N-dealkylation sites (N-methyl/N-ethyl adjacent to an activating group) is 1. The predicted octanol–water partition coefficient (Wildman–Crippen LogP) is 1.38. The van der Waals surface area contributed by atoms with Gasteiger partial charge in [0.1, 0.15) is 0 Å². The highest BCUT2D eigenvalue weighted by Crippen LogP contribution is 2.41. The molecule has 2 unspecified atom stereocenters. The molecule has 140 valence electrons. The van der Waals surface area contributed by atoms with E-state index in [1.54, 1.807) is 24.3 Å². The summed E-state index contributed by atoms with van der Waals surface area (Å²) >= 11 is 0. The minimum Gasteiger partial charge on any atom is -0.340 e. The molecule has 26 heavy (non-hydrogen) atoms. The zero-order valence-electron chi connectivity index (χ0n) is 15.3. The molecule has 1 aliphatic heterocycles. The van der Waals surface area contributed by atoms with Crippen molar-refractivity contribution in [1.29, 1.82) is 0 Å². The molecule has 0 spiro atoms. The number of benzene rings is 1. The maximum absolute atomic E-state index is 12.6. The van der Waals surface area contributed by atoms with Gasteiger partial charge in [0, 0.05) is 44.5 Å². The maximum Gasteiger partial charge on any atom is 0.228 e. The Kier molecular flexibility index (Phi) is 5.56. The molecule has 3 rings (SSSR count). The van der Waals surface area contributed by atoms with Crippen LogP contribution in [0.3, 0.4) is 0 Å². The van der Waals surface area contributed by atoms with Crippen LogP contribution in [-0.2, 0) is 14.4 Å². The third-order valence-corrected chi connectivity index (χ3v) is 5.03. The van der Waals surface area contributed by atoms with Crippen molar-refractivity contribution in [1.82, 2.24) is 9.80 Å². The van der Waals surface area contributed by atoms with Crippen LogP contribution >= 0.6 is 0 Å². The summed E-state index contributed by atoms with van der Waals surface area (Å²) in [5.41, 5.74) is 1.25. The van der Waals surface area contributed by atoms with E-state index >= 15 is 0 Å². The van der Waals surface area contributed by atoms with Crippen LogP contribution in [0, 0.1) is 11.8 Å². The van der Waals surface area contributed by atoms with Gasteiger partial charge in [0.25, 0.3) is 0 Å². The van der Waals surface area contributed by atoms with Gasteiger partial charge in [-0.2, -0.15) is 0 Å². The summed E-state index contributed by atoms with van der Waals surface area (Å²) < 4.78 is 0. The van der Waals surface area contributed by atoms with Crippen LogP contribution in [0.25, 0.3) is 0 Å². The van der Waals surface area contributed by atoms with Gasteiger partial charge >= 0.3 is 0 Å². The molecular formula is C19H26N4O3. The molecule has 0 bridgehead atoms. The molecular weight excluding hydrogens is 332 g/mol. The lowest BCUT2D eigenvalue weighted by Gasteiger charge is -2.34. The van der Waals surface area contributed by atoms with Crippen LogP contribution in [0.4, 0.5) is 11.4 Å². The second kappa shape index (κ2) is 7.86. The van der Waals surface area contributed by atoms with Gasteiger partial charge in [0.2, 0.25) is 17.7 Å². The van der Waals surface area contributed by atoms with Gasteiger partial charge in [-0.3, -0.25) is 14.4 Å². The molecule has 0 radical (unpaired) electrons. The lowest BCUT2D eigenvalue weighted by atomic mass is 10.2. The van der Waals surface area contributed by atoms with Crippen molar-refractivity contribution in [3.05, 3.63) is 24.3 Å². The largest absolute Gasteiger partial charge is 0.340 e. The van der Waals surface area contributed by atoms with Gasteiger partial charge in [-0.25, -0.2) is 0 Å². The summed E-state index contributed by atoms with van der Waals surface area (Å²) in [6, 6.07) is 7.01. The molecule has 1 aliphatic carbocycles. The number of nitrogens with zero attached hydrogens (tertiary/aromatic N) is 2. The molecule has 2 N–H and O–H groups in total. The van der Waals surface area contributed by atoms with E-state index < -0.39 is 0 Å². The Hall–Kier alpha value is -2.41. The first-order valence-corrected chi connectivity index (χ1v) is 9.17. The molecule has 2 fully saturated rings. The zero-order valence-corrected chi connectivity index (χ0v) is 15.3. The van der Waals surface area contributed by atoms with Crippen LogP contribution in [0.15, 0.2) is 24.3 Å². The Balaban J connectivity index is 1.51. The van der Waals surface area contributed by atoms with Crippen molar-refractivity contribution >= 4 is 29.1 Å². The smallest absolute Gasteiger partial charge is 0.228 e. The fourth-order valence-corrected chi connectivity index (χ4v) is 3.39. The molecule has 2 atom stereocenters. The number of hydrogen-bond acceptors (Lipinski definition) is 4. The van der Waals surface area contributed by atoms with Crippen LogP contribution in [0.1, 0.15) is 20.3 Å². The fourth-order valence-electron chi connectivity index (χ4n) is 3.39. The van der Waals surface area contributed by atoms with Crippen LogP contribution in [0.2, 0.25) is 0 Å². The summed E-state index contributed by atoms with van der Waals surface area (Å²) in [6.45, 7) is 7.87. The van der Waals surface area contributed by atoms with Gasteiger partial charge in [-0.15, -0.1) is 0 Å². The third-order valence-electron chi connectivity index (χ3n) is 5.03. The molecule has 1 heterocycles. The van der Waals surface area contributed by atoms with Crippen molar-refractivity contribution in [2.75, 3.05) is 43.4 Å². The zero-order chi connectivity index (χ0) is 18.7. The highest BCUT2D eigenvalue weighted by molar-refractivity contribution is 6.00. The van der Waals surface area contributed by atoms with Gasteiger partial charge in [-0.05, 0) is 31.2 Å². The number of rotatable bonds is 5. The molecule has 1 aromatic carbocycles. The Morgan fingerprint density at radius 3 is 2.31 bits per heavy atom. The first-order valence-electron chi connectivity index (χ1n) is 9.17. The summed E-state index contributed by atoms with van der Waals surface area (Å²) in [5, 5.41) is 5.54. The standard InChI is InChI=1S/C19H26N4O3/c1-3-22-7-9-23(10-8-22)19(26)17-12-16(17)18(25)21-15-6-4-5-14(11-15)20-13(2)24/h4-6,11,16-17H,3,7-10,12H2,1-2H3,(H,20,24)(H,21,25). The first-order chi connectivity index (χ1) is 12.5. The van der Waals surface area contributed by atoms with Crippen LogP contribution in [0.5, 0.6) is 0 Å². The van der Waals surface area contributed by atoms with E-state index in [4.69, 9.17) is 0 Å². The molecule has 1 saturated heterocycles. The van der Waals surface area contributed by atoms with Crippen molar-refractivity contribution in [2.24, 2.45) is 11.8 Å². The van der Waals surface area contributed by atoms with E-state index in [9.17, 15) is 14.4 Å². The number of carbonyl (C=O) groups excluding carboxylic acids is 3. The highest BCUT2D eigenvalue weighted by atomic mass is 16.2. The SMILES string of the molecule is CCN1CCN(C(=O)C2CC2C(=O)Nc2cccc(NC(C)=O)c2)CC1. The molecule has 7 nitrogen and oxygen atoms in total. The molecule has 1 saturated carbocycles. The lowest BCUT2D eigenvalue weighted by molar-refractivity contribution is -0.135. The Morgan fingerprint density at radius 1 is 1.04 bits per heavy atom. The van der Waals surface area contributed by atoms with E-state index in [2.05, 4.69) is 22.5 Å². The third kappa shape index (κ3) is 4.40. The van der Waals surface area contributed by atoms with E-state index in [-0.39, 0.29) is 29.6 Å². The van der Waals surface area contributed by atoms with Crippen molar-refractivity contribution < 1.29 is 14.4 Å². The minimum absolute atomic E-state index is 0.105. The minimum atomic E-state index is -0.254. The van der Waals surface area contributed by atoms with E-state index in [1.807, 2.05) is 4.90 Å². The second-order valence-electron chi connectivity index (χ2n) is 6.96. The summed E-state index contributed by atoms with van der Waals surface area (Å²) in [7, 11) is 0. The number of amides is 3. The summed E-state index contributed by atoms with van der Waals surface area (Å²) in [6.07, 6.45) is 0.615. The Bertz CT molecular complexity index is 698. The number of anilines is 2. The number of piperazine rings is 1. The van der Waals surface area contributed by atoms with Gasteiger partial charge in [0.05, 0.1) is 11.8 Å². The van der Waals surface area contributed by atoms with Crippen LogP contribution < -0.4 is 10.6 Å². The summed E-state index contributed by atoms with van der Waals surface area (Å²) in [4.78, 5) is 40.3. The van der Waals surface area contributed by atoms with E-state index in [0.29, 0.717) is 17.8 Å². The summed E-state index contributed by atoms with van der Waals surface area (Å²) in [5.74, 6) is -0.634. The van der Waals surface area contributed by atoms with E-state index in [1.165, 1.54) is 6.92 Å². The second-order valence-corrected chi connectivity index (χ2v) is 6.96. The Morgan fingerprint density at radius 2 is 1.69 bits per heavy atom. The average molecular weight is 358 g/mol.